The molecule has 0 bridgehead atoms. The van der Waals surface area contributed by atoms with E-state index in [1.165, 1.54) is 5.56 Å². The van der Waals surface area contributed by atoms with Crippen LogP contribution in [-0.2, 0) is 16.1 Å². The molecule has 80 valence electrons. The predicted molar refractivity (Wildman–Crippen MR) is 59.6 cm³/mol. The Kier molecular flexibility index (Phi) is 3.19. The summed E-state index contributed by atoms with van der Waals surface area (Å²) in [7, 11) is 0. The van der Waals surface area contributed by atoms with Gasteiger partial charge >= 0.3 is 0 Å². The lowest BCUT2D eigenvalue weighted by molar-refractivity contribution is 0.0340. The Morgan fingerprint density at radius 1 is 1.47 bits per heavy atom. The highest BCUT2D eigenvalue weighted by atomic mass is 16.6. The molecule has 0 aromatic heterocycles. The van der Waals surface area contributed by atoms with Gasteiger partial charge in [0.15, 0.2) is 0 Å². The minimum absolute atomic E-state index is 0.133. The lowest BCUT2D eigenvalue weighted by atomic mass is 10.2. The molecule has 2 rings (SSSR count). The first kappa shape index (κ1) is 10.4. The van der Waals surface area contributed by atoms with Crippen LogP contribution in [0.4, 0.5) is 0 Å². The van der Waals surface area contributed by atoms with E-state index >= 15 is 0 Å². The smallest absolute Gasteiger partial charge is 0.114 e. The van der Waals surface area contributed by atoms with Gasteiger partial charge in [-0.1, -0.05) is 36.4 Å². The zero-order valence-electron chi connectivity index (χ0n) is 8.93. The standard InChI is InChI=1S/C13H16O2/c1-3-12-13(15-12)10(2)14-9-11-7-5-4-6-8-11/h3-8,10,12-13H,1,9H2,2H3. The first-order chi connectivity index (χ1) is 7.31. The van der Waals surface area contributed by atoms with Crippen LogP contribution in [0.2, 0.25) is 0 Å². The summed E-state index contributed by atoms with van der Waals surface area (Å²) in [6.45, 7) is 6.38. The van der Waals surface area contributed by atoms with Crippen LogP contribution >= 0.6 is 0 Å². The van der Waals surface area contributed by atoms with Gasteiger partial charge in [-0.2, -0.15) is 0 Å². The monoisotopic (exact) mass is 204 g/mol. The Bertz CT molecular complexity index is 321. The summed E-state index contributed by atoms with van der Waals surface area (Å²) in [4.78, 5) is 0. The van der Waals surface area contributed by atoms with Crippen molar-refractivity contribution >= 4 is 0 Å². The molecule has 0 amide bonds. The van der Waals surface area contributed by atoms with Crippen molar-refractivity contribution in [1.29, 1.82) is 0 Å². The fourth-order valence-electron chi connectivity index (χ4n) is 1.60. The zero-order valence-corrected chi connectivity index (χ0v) is 8.93. The third-order valence-electron chi connectivity index (χ3n) is 2.61. The van der Waals surface area contributed by atoms with E-state index in [2.05, 4.69) is 18.7 Å². The minimum atomic E-state index is 0.133. The maximum atomic E-state index is 5.71. The van der Waals surface area contributed by atoms with Gasteiger partial charge in [-0.05, 0) is 12.5 Å². The van der Waals surface area contributed by atoms with Crippen LogP contribution in [0.5, 0.6) is 0 Å². The molecule has 0 saturated carbocycles. The molecular weight excluding hydrogens is 188 g/mol. The van der Waals surface area contributed by atoms with E-state index in [1.807, 2.05) is 31.2 Å². The first-order valence-electron chi connectivity index (χ1n) is 5.25. The number of hydrogen-bond donors (Lipinski definition) is 0. The van der Waals surface area contributed by atoms with Crippen LogP contribution in [0.1, 0.15) is 12.5 Å². The molecular formula is C13H16O2. The summed E-state index contributed by atoms with van der Waals surface area (Å²) < 4.78 is 11.1. The van der Waals surface area contributed by atoms with Crippen molar-refractivity contribution < 1.29 is 9.47 Å². The maximum absolute atomic E-state index is 5.71. The molecule has 15 heavy (non-hydrogen) atoms. The third-order valence-corrected chi connectivity index (χ3v) is 2.61. The van der Waals surface area contributed by atoms with Gasteiger partial charge in [-0.3, -0.25) is 0 Å². The second kappa shape index (κ2) is 4.60. The summed E-state index contributed by atoms with van der Waals surface area (Å²) in [6, 6.07) is 10.2. The van der Waals surface area contributed by atoms with Crippen LogP contribution in [0, 0.1) is 0 Å². The maximum Gasteiger partial charge on any atom is 0.114 e. The topological polar surface area (TPSA) is 21.8 Å². The zero-order chi connectivity index (χ0) is 10.7. The molecule has 2 nitrogen and oxygen atoms in total. The van der Waals surface area contributed by atoms with Gasteiger partial charge in [0, 0.05) is 0 Å². The van der Waals surface area contributed by atoms with Crippen molar-refractivity contribution in [2.75, 3.05) is 0 Å². The van der Waals surface area contributed by atoms with Crippen molar-refractivity contribution in [1.82, 2.24) is 0 Å². The van der Waals surface area contributed by atoms with Gasteiger partial charge < -0.3 is 9.47 Å². The van der Waals surface area contributed by atoms with Gasteiger partial charge in [-0.15, -0.1) is 6.58 Å². The largest absolute Gasteiger partial charge is 0.371 e. The van der Waals surface area contributed by atoms with E-state index in [9.17, 15) is 0 Å². The lowest BCUT2D eigenvalue weighted by Gasteiger charge is -2.10. The molecule has 1 aliphatic rings. The number of epoxide rings is 1. The van der Waals surface area contributed by atoms with Crippen molar-refractivity contribution in [2.45, 2.75) is 31.8 Å². The Labute approximate surface area is 90.5 Å². The number of rotatable bonds is 5. The van der Waals surface area contributed by atoms with Crippen molar-refractivity contribution in [3.05, 3.63) is 48.6 Å². The average molecular weight is 204 g/mol. The number of benzene rings is 1. The molecule has 0 N–H and O–H groups in total. The Morgan fingerprint density at radius 2 is 2.20 bits per heavy atom. The second-order valence-electron chi connectivity index (χ2n) is 3.80. The molecule has 1 aromatic carbocycles. The highest BCUT2D eigenvalue weighted by molar-refractivity contribution is 5.13. The Morgan fingerprint density at radius 3 is 2.80 bits per heavy atom. The van der Waals surface area contributed by atoms with Gasteiger partial charge in [0.05, 0.1) is 12.7 Å². The van der Waals surface area contributed by atoms with Gasteiger partial charge in [0.25, 0.3) is 0 Å². The molecule has 1 aromatic rings. The van der Waals surface area contributed by atoms with Crippen molar-refractivity contribution in [2.24, 2.45) is 0 Å². The molecule has 0 aliphatic carbocycles. The lowest BCUT2D eigenvalue weighted by Crippen LogP contribution is -2.16. The van der Waals surface area contributed by atoms with Crippen LogP contribution in [0.3, 0.4) is 0 Å². The van der Waals surface area contributed by atoms with Crippen LogP contribution in [0.25, 0.3) is 0 Å². The summed E-state index contributed by atoms with van der Waals surface area (Å²) in [5.41, 5.74) is 1.19. The Balaban J connectivity index is 1.77. The number of hydrogen-bond acceptors (Lipinski definition) is 2. The van der Waals surface area contributed by atoms with E-state index in [-0.39, 0.29) is 18.3 Å². The molecule has 2 heteroatoms. The van der Waals surface area contributed by atoms with E-state index in [0.717, 1.165) is 0 Å². The van der Waals surface area contributed by atoms with Gasteiger partial charge in [0.2, 0.25) is 0 Å². The van der Waals surface area contributed by atoms with Crippen LogP contribution < -0.4 is 0 Å². The molecule has 1 heterocycles. The van der Waals surface area contributed by atoms with E-state index in [1.54, 1.807) is 0 Å². The summed E-state index contributed by atoms with van der Waals surface area (Å²) in [5, 5.41) is 0. The molecule has 3 atom stereocenters. The van der Waals surface area contributed by atoms with Crippen molar-refractivity contribution in [3.8, 4) is 0 Å². The van der Waals surface area contributed by atoms with Gasteiger partial charge in [0.1, 0.15) is 12.2 Å². The molecule has 0 spiro atoms. The van der Waals surface area contributed by atoms with E-state index in [4.69, 9.17) is 9.47 Å². The SMILES string of the molecule is C=CC1OC1C(C)OCc1ccccc1. The summed E-state index contributed by atoms with van der Waals surface area (Å²) in [5.74, 6) is 0. The second-order valence-corrected chi connectivity index (χ2v) is 3.80. The Hall–Kier alpha value is -1.12. The molecule has 3 unspecified atom stereocenters. The predicted octanol–water partition coefficient (Wildman–Crippen LogP) is 2.55. The number of ether oxygens (including phenoxy) is 2. The highest BCUT2D eigenvalue weighted by Crippen LogP contribution is 2.28. The van der Waals surface area contributed by atoms with E-state index < -0.39 is 0 Å². The van der Waals surface area contributed by atoms with E-state index in [0.29, 0.717) is 6.61 Å². The summed E-state index contributed by atoms with van der Waals surface area (Å²) in [6.07, 6.45) is 2.35. The molecule has 1 saturated heterocycles. The molecule has 0 radical (unpaired) electrons. The highest BCUT2D eigenvalue weighted by Gasteiger charge is 2.41. The summed E-state index contributed by atoms with van der Waals surface area (Å²) >= 11 is 0. The average Bonchev–Trinajstić information content (AvgIpc) is 3.06. The third kappa shape index (κ3) is 2.67. The normalized spacial score (nSPS) is 25.9. The quantitative estimate of drug-likeness (QED) is 0.543. The van der Waals surface area contributed by atoms with Crippen molar-refractivity contribution in [3.63, 3.8) is 0 Å². The molecule has 1 fully saturated rings. The van der Waals surface area contributed by atoms with Crippen LogP contribution in [0.15, 0.2) is 43.0 Å². The fraction of sp³-hybridized carbons (Fsp3) is 0.385. The van der Waals surface area contributed by atoms with Gasteiger partial charge in [-0.25, -0.2) is 0 Å². The first-order valence-corrected chi connectivity index (χ1v) is 5.25. The minimum Gasteiger partial charge on any atom is -0.371 e. The molecule has 1 aliphatic heterocycles. The van der Waals surface area contributed by atoms with Crippen LogP contribution in [-0.4, -0.2) is 18.3 Å². The fourth-order valence-corrected chi connectivity index (χ4v) is 1.60.